The van der Waals surface area contributed by atoms with Gasteiger partial charge >= 0.3 is 0 Å². The van der Waals surface area contributed by atoms with Crippen molar-refractivity contribution in [3.63, 3.8) is 0 Å². The van der Waals surface area contributed by atoms with E-state index in [1.807, 2.05) is 0 Å². The summed E-state index contributed by atoms with van der Waals surface area (Å²) < 4.78 is 5.40. The van der Waals surface area contributed by atoms with Crippen LogP contribution in [0, 0.1) is 0 Å². The van der Waals surface area contributed by atoms with Crippen LogP contribution in [0.5, 0.6) is 0 Å². The van der Waals surface area contributed by atoms with Crippen molar-refractivity contribution in [1.82, 2.24) is 0 Å². The molecule has 1 fully saturated rings. The van der Waals surface area contributed by atoms with E-state index in [-0.39, 0.29) is 18.1 Å². The number of hydrogen-bond acceptors (Lipinski definition) is 3. The summed E-state index contributed by atoms with van der Waals surface area (Å²) in [6.45, 7) is 0.410. The number of primary amides is 1. The molecule has 4 nitrogen and oxygen atoms in total. The molecule has 1 aliphatic carbocycles. The topological polar surface area (TPSA) is 78.3 Å². The second-order valence-electron chi connectivity index (χ2n) is 3.22. The zero-order valence-corrected chi connectivity index (χ0v) is 7.16. The van der Waals surface area contributed by atoms with Crippen molar-refractivity contribution in [1.29, 1.82) is 0 Å². The largest absolute Gasteiger partial charge is 0.376 e. The number of carbonyl (C=O) groups is 1. The molecule has 0 spiro atoms. The van der Waals surface area contributed by atoms with E-state index in [9.17, 15) is 4.79 Å². The summed E-state index contributed by atoms with van der Waals surface area (Å²) in [7, 11) is 0. The first-order valence-electron chi connectivity index (χ1n) is 4.35. The van der Waals surface area contributed by atoms with Crippen LogP contribution in [0.3, 0.4) is 0 Å². The van der Waals surface area contributed by atoms with Crippen LogP contribution in [-0.4, -0.2) is 24.7 Å². The van der Waals surface area contributed by atoms with Gasteiger partial charge in [0.25, 0.3) is 0 Å². The maximum absolute atomic E-state index is 10.4. The minimum Gasteiger partial charge on any atom is -0.376 e. The number of carbonyl (C=O) groups excluding carboxylic acids is 1. The van der Waals surface area contributed by atoms with Crippen LogP contribution < -0.4 is 11.5 Å². The zero-order chi connectivity index (χ0) is 8.97. The first-order chi connectivity index (χ1) is 5.70. The molecule has 0 bridgehead atoms. The molecule has 0 aliphatic heterocycles. The predicted molar refractivity (Wildman–Crippen MR) is 45.4 cm³/mol. The van der Waals surface area contributed by atoms with Crippen molar-refractivity contribution in [2.45, 2.75) is 37.8 Å². The van der Waals surface area contributed by atoms with Gasteiger partial charge in [0.15, 0.2) is 0 Å². The number of nitrogens with two attached hydrogens (primary N) is 2. The molecule has 0 aromatic rings. The first kappa shape index (κ1) is 9.48. The van der Waals surface area contributed by atoms with Crippen molar-refractivity contribution in [2.24, 2.45) is 11.5 Å². The number of hydrogen-bond donors (Lipinski definition) is 2. The summed E-state index contributed by atoms with van der Waals surface area (Å²) in [5.41, 5.74) is 10.7. The lowest BCUT2D eigenvalue weighted by atomic mass is 10.2. The average molecular weight is 172 g/mol. The van der Waals surface area contributed by atoms with Crippen molar-refractivity contribution in [2.75, 3.05) is 6.61 Å². The maximum Gasteiger partial charge on any atom is 0.219 e. The quantitative estimate of drug-likeness (QED) is 0.614. The van der Waals surface area contributed by atoms with E-state index in [1.54, 1.807) is 0 Å². The molecule has 0 heterocycles. The van der Waals surface area contributed by atoms with E-state index >= 15 is 0 Å². The lowest BCUT2D eigenvalue weighted by Crippen LogP contribution is -2.32. The predicted octanol–water partition coefficient (Wildman–Crippen LogP) is -0.242. The molecule has 0 aromatic carbocycles. The smallest absolute Gasteiger partial charge is 0.219 e. The normalized spacial score (nSPS) is 29.1. The fourth-order valence-electron chi connectivity index (χ4n) is 1.47. The third-order valence-corrected chi connectivity index (χ3v) is 2.18. The molecule has 4 N–H and O–H groups in total. The molecule has 1 rings (SSSR count). The molecule has 4 heteroatoms. The van der Waals surface area contributed by atoms with Gasteiger partial charge in [0.1, 0.15) is 0 Å². The van der Waals surface area contributed by atoms with Gasteiger partial charge < -0.3 is 16.2 Å². The molecule has 0 radical (unpaired) electrons. The fraction of sp³-hybridized carbons (Fsp3) is 0.875. The van der Waals surface area contributed by atoms with Crippen LogP contribution >= 0.6 is 0 Å². The highest BCUT2D eigenvalue weighted by molar-refractivity contribution is 5.73. The Hall–Kier alpha value is -0.610. The highest BCUT2D eigenvalue weighted by Gasteiger charge is 2.24. The lowest BCUT2D eigenvalue weighted by Gasteiger charge is -2.15. The Morgan fingerprint density at radius 3 is 2.75 bits per heavy atom. The second kappa shape index (κ2) is 4.42. The van der Waals surface area contributed by atoms with Gasteiger partial charge in [-0.15, -0.1) is 0 Å². The number of ether oxygens (including phenoxy) is 1. The summed E-state index contributed by atoms with van der Waals surface area (Å²) in [5, 5.41) is 0. The molecule has 2 unspecified atom stereocenters. The van der Waals surface area contributed by atoms with Crippen LogP contribution in [0.2, 0.25) is 0 Å². The van der Waals surface area contributed by atoms with E-state index in [4.69, 9.17) is 16.2 Å². The van der Waals surface area contributed by atoms with E-state index in [2.05, 4.69) is 0 Å². The Bertz CT molecular complexity index is 161. The fourth-order valence-corrected chi connectivity index (χ4v) is 1.47. The molecule has 0 saturated heterocycles. The van der Waals surface area contributed by atoms with Crippen molar-refractivity contribution in [3.05, 3.63) is 0 Å². The standard InChI is InChI=1S/C8H16N2O2/c9-6-2-1-3-7(6)12-5-4-8(10)11/h6-7H,1-5,9H2,(H2,10,11). The third-order valence-electron chi connectivity index (χ3n) is 2.18. The second-order valence-corrected chi connectivity index (χ2v) is 3.22. The molecule has 1 aliphatic rings. The Morgan fingerprint density at radius 2 is 2.25 bits per heavy atom. The van der Waals surface area contributed by atoms with Gasteiger partial charge in [-0.2, -0.15) is 0 Å². The van der Waals surface area contributed by atoms with Crippen molar-refractivity contribution < 1.29 is 9.53 Å². The first-order valence-corrected chi connectivity index (χ1v) is 4.35. The Morgan fingerprint density at radius 1 is 1.50 bits per heavy atom. The van der Waals surface area contributed by atoms with Gasteiger partial charge in [-0.3, -0.25) is 4.79 Å². The third kappa shape index (κ3) is 2.79. The van der Waals surface area contributed by atoms with Gasteiger partial charge in [0, 0.05) is 12.5 Å². The van der Waals surface area contributed by atoms with E-state index < -0.39 is 0 Å². The van der Waals surface area contributed by atoms with Crippen LogP contribution in [0.1, 0.15) is 25.7 Å². The minimum absolute atomic E-state index is 0.143. The lowest BCUT2D eigenvalue weighted by molar-refractivity contribution is -0.119. The zero-order valence-electron chi connectivity index (χ0n) is 7.16. The van der Waals surface area contributed by atoms with E-state index in [1.165, 1.54) is 0 Å². The van der Waals surface area contributed by atoms with Gasteiger partial charge in [-0.1, -0.05) is 0 Å². The molecule has 1 saturated carbocycles. The summed E-state index contributed by atoms with van der Waals surface area (Å²) >= 11 is 0. The van der Waals surface area contributed by atoms with E-state index in [0.717, 1.165) is 19.3 Å². The van der Waals surface area contributed by atoms with Crippen LogP contribution in [0.4, 0.5) is 0 Å². The van der Waals surface area contributed by atoms with E-state index in [0.29, 0.717) is 13.0 Å². The summed E-state index contributed by atoms with van der Waals surface area (Å²) in [6, 6.07) is 0.151. The summed E-state index contributed by atoms with van der Waals surface area (Å²) in [4.78, 5) is 10.4. The molecule has 2 atom stereocenters. The van der Waals surface area contributed by atoms with Crippen molar-refractivity contribution in [3.8, 4) is 0 Å². The maximum atomic E-state index is 10.4. The number of rotatable bonds is 4. The Balaban J connectivity index is 2.10. The monoisotopic (exact) mass is 172 g/mol. The Labute approximate surface area is 72.2 Å². The van der Waals surface area contributed by atoms with Crippen molar-refractivity contribution >= 4 is 5.91 Å². The van der Waals surface area contributed by atoms with Crippen LogP contribution in [0.15, 0.2) is 0 Å². The number of amides is 1. The molecule has 1 amide bonds. The molecule has 70 valence electrons. The molecule has 0 aromatic heterocycles. The van der Waals surface area contributed by atoms with Gasteiger partial charge in [0.05, 0.1) is 12.7 Å². The highest BCUT2D eigenvalue weighted by atomic mass is 16.5. The average Bonchev–Trinajstić information content (AvgIpc) is 2.36. The van der Waals surface area contributed by atoms with Crippen LogP contribution in [-0.2, 0) is 9.53 Å². The highest BCUT2D eigenvalue weighted by Crippen LogP contribution is 2.20. The Kier molecular flexibility index (Phi) is 3.49. The molecular weight excluding hydrogens is 156 g/mol. The summed E-state index contributed by atoms with van der Waals surface area (Å²) in [6.07, 6.45) is 3.61. The van der Waals surface area contributed by atoms with Gasteiger partial charge in [-0.05, 0) is 19.3 Å². The van der Waals surface area contributed by atoms with Gasteiger partial charge in [-0.25, -0.2) is 0 Å². The van der Waals surface area contributed by atoms with Crippen LogP contribution in [0.25, 0.3) is 0 Å². The van der Waals surface area contributed by atoms with Gasteiger partial charge in [0.2, 0.25) is 5.91 Å². The summed E-state index contributed by atoms with van der Waals surface area (Å²) in [5.74, 6) is -0.318. The molecule has 12 heavy (non-hydrogen) atoms. The SMILES string of the molecule is NC(=O)CCOC1CCCC1N. The molecular formula is C8H16N2O2. The minimum atomic E-state index is -0.318.